The fourth-order valence-corrected chi connectivity index (χ4v) is 1.87. The van der Waals surface area contributed by atoms with Crippen molar-refractivity contribution in [3.63, 3.8) is 0 Å². The van der Waals surface area contributed by atoms with Gasteiger partial charge in [0.25, 0.3) is 0 Å². The Morgan fingerprint density at radius 1 is 1.63 bits per heavy atom. The Balaban J connectivity index is 1.91. The van der Waals surface area contributed by atoms with Crippen LogP contribution < -0.4 is 15.4 Å². The van der Waals surface area contributed by atoms with Gasteiger partial charge in [-0.3, -0.25) is 4.79 Å². The summed E-state index contributed by atoms with van der Waals surface area (Å²) in [4.78, 5) is 15.1. The second-order valence-electron chi connectivity index (χ2n) is 4.28. The number of pyridine rings is 1. The lowest BCUT2D eigenvalue weighted by molar-refractivity contribution is -0.118. The highest BCUT2D eigenvalue weighted by molar-refractivity contribution is 6.30. The second kappa shape index (κ2) is 6.93. The molecule has 0 aromatic carbocycles. The van der Waals surface area contributed by atoms with Crippen LogP contribution in [0, 0.1) is 0 Å². The summed E-state index contributed by atoms with van der Waals surface area (Å²) in [5.74, 6) is 0.324. The van der Waals surface area contributed by atoms with Crippen LogP contribution in [0.4, 0.5) is 0 Å². The third-order valence-corrected chi connectivity index (χ3v) is 3.44. The molecule has 0 aliphatic carbocycles. The minimum absolute atomic E-state index is 0.0748. The van der Waals surface area contributed by atoms with Crippen molar-refractivity contribution >= 4 is 29.1 Å². The number of nitrogens with one attached hydrogen (secondary N) is 2. The molecular weight excluding hydrogens is 289 g/mol. The highest BCUT2D eigenvalue weighted by Crippen LogP contribution is 2.19. The van der Waals surface area contributed by atoms with Crippen LogP contribution in [-0.2, 0) is 11.3 Å². The third kappa shape index (κ3) is 4.23. The zero-order valence-electron chi connectivity index (χ0n) is 10.3. The van der Waals surface area contributed by atoms with E-state index in [2.05, 4.69) is 15.6 Å². The number of amides is 1. The first kappa shape index (κ1) is 14.4. The van der Waals surface area contributed by atoms with Gasteiger partial charge in [0.15, 0.2) is 0 Å². The van der Waals surface area contributed by atoms with E-state index in [1.54, 1.807) is 12.3 Å². The van der Waals surface area contributed by atoms with Gasteiger partial charge in [-0.15, -0.1) is 11.6 Å². The number of carbonyl (C=O) groups is 1. The molecule has 19 heavy (non-hydrogen) atoms. The summed E-state index contributed by atoms with van der Waals surface area (Å²) in [6.07, 6.45) is 2.70. The van der Waals surface area contributed by atoms with Crippen molar-refractivity contribution in [1.29, 1.82) is 0 Å². The van der Waals surface area contributed by atoms with Crippen molar-refractivity contribution in [3.8, 4) is 5.75 Å². The largest absolute Gasteiger partial charge is 0.490 e. The van der Waals surface area contributed by atoms with Gasteiger partial charge in [0.1, 0.15) is 23.4 Å². The first-order valence-electron chi connectivity index (χ1n) is 6.02. The normalized spacial score (nSPS) is 17.7. The molecule has 1 aromatic rings. The molecular formula is C12H15Cl2N3O2. The Morgan fingerprint density at radius 2 is 2.42 bits per heavy atom. The van der Waals surface area contributed by atoms with Crippen LogP contribution in [0.3, 0.4) is 0 Å². The molecule has 5 nitrogen and oxygen atoms in total. The summed E-state index contributed by atoms with van der Waals surface area (Å²) in [5, 5.41) is 6.24. The molecule has 0 radical (unpaired) electrons. The van der Waals surface area contributed by atoms with E-state index in [4.69, 9.17) is 27.9 Å². The number of alkyl halides is 1. The van der Waals surface area contributed by atoms with E-state index in [0.29, 0.717) is 29.1 Å². The van der Waals surface area contributed by atoms with E-state index < -0.39 is 0 Å². The van der Waals surface area contributed by atoms with Gasteiger partial charge in [-0.1, -0.05) is 11.6 Å². The fraction of sp³-hybridized carbons (Fsp3) is 0.500. The van der Waals surface area contributed by atoms with Crippen LogP contribution in [0.5, 0.6) is 5.75 Å². The van der Waals surface area contributed by atoms with Crippen molar-refractivity contribution in [3.05, 3.63) is 23.0 Å². The number of halogens is 2. The molecule has 7 heteroatoms. The second-order valence-corrected chi connectivity index (χ2v) is 4.91. The van der Waals surface area contributed by atoms with E-state index in [1.165, 1.54) is 0 Å². The summed E-state index contributed by atoms with van der Waals surface area (Å²) in [5.41, 5.74) is 0.708. The first-order chi connectivity index (χ1) is 9.19. The number of hydrogen-bond donors (Lipinski definition) is 2. The Labute approximate surface area is 121 Å². The predicted molar refractivity (Wildman–Crippen MR) is 73.7 cm³/mol. The standard InChI is InChI=1S/C12H15Cl2N3O2/c13-4-11(18)16-5-8-3-10(6-17-12(8)14)19-7-9-1-2-15-9/h3,6,9,15H,1-2,4-5,7H2,(H,16,18)/t9-/m0/s1. The van der Waals surface area contributed by atoms with Gasteiger partial charge in [-0.2, -0.15) is 0 Å². The molecule has 2 rings (SSSR count). The molecule has 104 valence electrons. The van der Waals surface area contributed by atoms with Gasteiger partial charge in [-0.05, 0) is 19.0 Å². The molecule has 1 aromatic heterocycles. The Kier molecular flexibility index (Phi) is 5.24. The molecule has 0 spiro atoms. The Hall–Kier alpha value is -1.04. The number of ether oxygens (including phenoxy) is 1. The van der Waals surface area contributed by atoms with E-state index in [9.17, 15) is 4.79 Å². The first-order valence-corrected chi connectivity index (χ1v) is 6.93. The SMILES string of the molecule is O=C(CCl)NCc1cc(OC[C@@H]2CCN2)cnc1Cl. The highest BCUT2D eigenvalue weighted by Gasteiger charge is 2.17. The van der Waals surface area contributed by atoms with Crippen LogP contribution in [0.2, 0.25) is 5.15 Å². The molecule has 1 aliphatic heterocycles. The average molecular weight is 304 g/mol. The fourth-order valence-electron chi connectivity index (χ4n) is 1.60. The van der Waals surface area contributed by atoms with Gasteiger partial charge in [0, 0.05) is 18.2 Å². The van der Waals surface area contributed by atoms with Crippen molar-refractivity contribution in [2.75, 3.05) is 19.0 Å². The number of rotatable bonds is 6. The number of hydrogen-bond acceptors (Lipinski definition) is 4. The van der Waals surface area contributed by atoms with Gasteiger partial charge in [0.05, 0.1) is 6.20 Å². The maximum Gasteiger partial charge on any atom is 0.235 e. The topological polar surface area (TPSA) is 63.2 Å². The molecule has 2 N–H and O–H groups in total. The zero-order valence-corrected chi connectivity index (χ0v) is 11.8. The van der Waals surface area contributed by atoms with E-state index in [1.807, 2.05) is 0 Å². The lowest BCUT2D eigenvalue weighted by Crippen LogP contribution is -2.46. The van der Waals surface area contributed by atoms with E-state index >= 15 is 0 Å². The summed E-state index contributed by atoms with van der Waals surface area (Å²) in [6.45, 7) is 1.94. The predicted octanol–water partition coefficient (Wildman–Crippen LogP) is 1.33. The lowest BCUT2D eigenvalue weighted by atomic mass is 10.1. The van der Waals surface area contributed by atoms with Crippen LogP contribution in [0.1, 0.15) is 12.0 Å². The van der Waals surface area contributed by atoms with E-state index in [0.717, 1.165) is 13.0 Å². The molecule has 0 saturated carbocycles. The summed E-state index contributed by atoms with van der Waals surface area (Å²) < 4.78 is 5.62. The molecule has 1 amide bonds. The maximum absolute atomic E-state index is 11.1. The van der Waals surface area contributed by atoms with Crippen molar-refractivity contribution in [1.82, 2.24) is 15.6 Å². The number of nitrogens with zero attached hydrogens (tertiary/aromatic N) is 1. The van der Waals surface area contributed by atoms with Crippen LogP contribution in [0.15, 0.2) is 12.3 Å². The Bertz CT molecular complexity index is 453. The number of aromatic nitrogens is 1. The quantitative estimate of drug-likeness (QED) is 0.615. The number of carbonyl (C=O) groups excluding carboxylic acids is 1. The molecule has 0 unspecified atom stereocenters. The summed E-state index contributed by atoms with van der Waals surface area (Å²) in [7, 11) is 0. The Morgan fingerprint density at radius 3 is 3.05 bits per heavy atom. The molecule has 1 saturated heterocycles. The van der Waals surface area contributed by atoms with Crippen molar-refractivity contribution in [2.24, 2.45) is 0 Å². The molecule has 1 atom stereocenters. The monoisotopic (exact) mass is 303 g/mol. The van der Waals surface area contributed by atoms with Crippen LogP contribution >= 0.6 is 23.2 Å². The molecule has 1 fully saturated rings. The van der Waals surface area contributed by atoms with Gasteiger partial charge >= 0.3 is 0 Å². The zero-order chi connectivity index (χ0) is 13.7. The van der Waals surface area contributed by atoms with Gasteiger partial charge in [0.2, 0.25) is 5.91 Å². The summed E-state index contributed by atoms with van der Waals surface area (Å²) in [6, 6.07) is 2.19. The smallest absolute Gasteiger partial charge is 0.235 e. The minimum Gasteiger partial charge on any atom is -0.490 e. The van der Waals surface area contributed by atoms with Crippen LogP contribution in [-0.4, -0.2) is 36.0 Å². The van der Waals surface area contributed by atoms with Gasteiger partial charge < -0.3 is 15.4 Å². The van der Waals surface area contributed by atoms with Crippen LogP contribution in [0.25, 0.3) is 0 Å². The summed E-state index contributed by atoms with van der Waals surface area (Å²) >= 11 is 11.4. The molecule has 0 bridgehead atoms. The van der Waals surface area contributed by atoms with Crippen molar-refractivity contribution < 1.29 is 9.53 Å². The minimum atomic E-state index is -0.247. The van der Waals surface area contributed by atoms with E-state index in [-0.39, 0.29) is 18.3 Å². The van der Waals surface area contributed by atoms with Gasteiger partial charge in [-0.25, -0.2) is 4.98 Å². The third-order valence-electron chi connectivity index (χ3n) is 2.86. The molecule has 1 aliphatic rings. The lowest BCUT2D eigenvalue weighted by Gasteiger charge is -2.27. The maximum atomic E-state index is 11.1. The molecule has 2 heterocycles. The van der Waals surface area contributed by atoms with Crippen molar-refractivity contribution in [2.45, 2.75) is 19.0 Å². The highest BCUT2D eigenvalue weighted by atomic mass is 35.5. The average Bonchev–Trinajstić information content (AvgIpc) is 2.36.